The van der Waals surface area contributed by atoms with Crippen molar-refractivity contribution in [1.82, 2.24) is 19.9 Å². The number of fused-ring (bicyclic) bond motifs is 10. The first-order valence-corrected chi connectivity index (χ1v) is 21.0. The van der Waals surface area contributed by atoms with Gasteiger partial charge in [-0.3, -0.25) is 4.98 Å². The van der Waals surface area contributed by atoms with E-state index in [1.807, 2.05) is 84.8 Å². The summed E-state index contributed by atoms with van der Waals surface area (Å²) in [7, 11) is 0. The molecule has 0 saturated heterocycles. The van der Waals surface area contributed by atoms with E-state index in [2.05, 4.69) is 138 Å². The number of pyridine rings is 1. The van der Waals surface area contributed by atoms with Gasteiger partial charge >= 0.3 is 0 Å². The van der Waals surface area contributed by atoms with Gasteiger partial charge in [0.15, 0.2) is 17.5 Å². The molecule has 60 heavy (non-hydrogen) atoms. The van der Waals surface area contributed by atoms with E-state index in [4.69, 9.17) is 15.0 Å². The molecule has 280 valence electrons. The Morgan fingerprint density at radius 2 is 0.817 bits per heavy atom. The van der Waals surface area contributed by atoms with Gasteiger partial charge in [0.25, 0.3) is 0 Å². The Bertz CT molecular complexity index is 3180. The van der Waals surface area contributed by atoms with Crippen LogP contribution in [0.5, 0.6) is 0 Å². The number of rotatable bonds is 5. The minimum Gasteiger partial charge on any atom is -0.264 e. The summed E-state index contributed by atoms with van der Waals surface area (Å²) in [6, 6.07) is 69.5. The Balaban J connectivity index is 1.10. The summed E-state index contributed by atoms with van der Waals surface area (Å²) in [5.41, 5.74) is 14.7. The van der Waals surface area contributed by atoms with Crippen molar-refractivity contribution >= 4 is 22.5 Å². The molecule has 8 aromatic carbocycles. The van der Waals surface area contributed by atoms with Gasteiger partial charge in [-0.05, 0) is 79.2 Å². The molecule has 2 aromatic heterocycles. The first-order chi connectivity index (χ1) is 29.8. The van der Waals surface area contributed by atoms with Crippen LogP contribution in [0.3, 0.4) is 0 Å². The highest BCUT2D eigenvalue weighted by atomic mass is 32.2. The normalized spacial score (nSPS) is 13.1. The lowest BCUT2D eigenvalue weighted by Crippen LogP contribution is -2.31. The van der Waals surface area contributed by atoms with Crippen LogP contribution in [-0.2, 0) is 5.41 Å². The van der Waals surface area contributed by atoms with Crippen LogP contribution in [0.1, 0.15) is 22.3 Å². The van der Waals surface area contributed by atoms with Crippen molar-refractivity contribution in [3.05, 3.63) is 229 Å². The fourth-order valence-corrected chi connectivity index (χ4v) is 10.7. The van der Waals surface area contributed by atoms with Crippen molar-refractivity contribution in [3.8, 4) is 67.5 Å². The fourth-order valence-electron chi connectivity index (χ4n) is 9.54. The van der Waals surface area contributed by atoms with E-state index in [1.54, 1.807) is 0 Å². The molecule has 12 rings (SSSR count). The van der Waals surface area contributed by atoms with Gasteiger partial charge in [0.2, 0.25) is 0 Å². The highest BCUT2D eigenvalue weighted by Gasteiger charge is 2.51. The Labute approximate surface area is 352 Å². The molecule has 0 unspecified atom stereocenters. The second-order valence-corrected chi connectivity index (χ2v) is 16.4. The summed E-state index contributed by atoms with van der Waals surface area (Å²) in [4.78, 5) is 22.2. The minimum atomic E-state index is -0.523. The summed E-state index contributed by atoms with van der Waals surface area (Å²) in [5, 5.41) is 2.31. The van der Waals surface area contributed by atoms with Crippen molar-refractivity contribution in [1.29, 1.82) is 0 Å². The molecule has 1 aliphatic carbocycles. The molecule has 0 atom stereocenters. The molecule has 10 aromatic rings. The van der Waals surface area contributed by atoms with Gasteiger partial charge < -0.3 is 0 Å². The van der Waals surface area contributed by atoms with Gasteiger partial charge in [-0.1, -0.05) is 188 Å². The summed E-state index contributed by atoms with van der Waals surface area (Å²) in [6.07, 6.45) is 3.89. The first-order valence-electron chi connectivity index (χ1n) is 20.2. The van der Waals surface area contributed by atoms with Gasteiger partial charge in [0, 0.05) is 44.3 Å². The predicted octanol–water partition coefficient (Wildman–Crippen LogP) is 13.6. The maximum atomic E-state index is 5.03. The molecule has 0 fully saturated rings. The third kappa shape index (κ3) is 5.26. The van der Waals surface area contributed by atoms with Crippen LogP contribution >= 0.6 is 11.8 Å². The van der Waals surface area contributed by atoms with E-state index in [-0.39, 0.29) is 0 Å². The molecule has 0 saturated carbocycles. The minimum absolute atomic E-state index is 0.523. The molecule has 0 amide bonds. The largest absolute Gasteiger partial charge is 0.264 e. The molecular formula is C55H34N4S. The predicted molar refractivity (Wildman–Crippen MR) is 244 cm³/mol. The van der Waals surface area contributed by atoms with Gasteiger partial charge in [-0.15, -0.1) is 0 Å². The molecule has 4 nitrogen and oxygen atoms in total. The number of aromatic nitrogens is 4. The van der Waals surface area contributed by atoms with E-state index >= 15 is 0 Å². The molecular weight excluding hydrogens is 749 g/mol. The average Bonchev–Trinajstić information content (AvgIpc) is 3.63. The standard InChI is InChI=1S/C55H34N4S/c1-3-14-37(15-4-1)52-57-53(38-16-5-2-6-17-38)59-54(58-52)39-30-28-36(29-31-39)40-19-12-24-46-50(40)51-42(41-20-11-18-35-32-33-56-34-43(35)41)21-13-25-47(51)55(46)44-22-7-9-26-48(44)60-49-27-10-8-23-45(49)55/h1-34H. The summed E-state index contributed by atoms with van der Waals surface area (Å²) >= 11 is 1.87. The van der Waals surface area contributed by atoms with Gasteiger partial charge in [0.1, 0.15) is 0 Å². The Morgan fingerprint density at radius 3 is 1.43 bits per heavy atom. The van der Waals surface area contributed by atoms with Crippen LogP contribution < -0.4 is 0 Å². The van der Waals surface area contributed by atoms with Crippen LogP contribution in [-0.4, -0.2) is 19.9 Å². The Hall–Kier alpha value is -7.47. The van der Waals surface area contributed by atoms with Crippen molar-refractivity contribution in [3.63, 3.8) is 0 Å². The second-order valence-electron chi connectivity index (χ2n) is 15.3. The Kier molecular flexibility index (Phi) is 7.97. The monoisotopic (exact) mass is 782 g/mol. The lowest BCUT2D eigenvalue weighted by Gasteiger charge is -2.39. The zero-order chi connectivity index (χ0) is 39.6. The SMILES string of the molecule is c1ccc(-c2nc(-c3ccccc3)nc(-c3ccc(-c4cccc5c4-c4c(-c6cccc7ccncc67)cccc4C54c5ccccc5Sc5ccccc54)cc3)n2)cc1. The van der Waals surface area contributed by atoms with Crippen molar-refractivity contribution in [2.75, 3.05) is 0 Å². The zero-order valence-electron chi connectivity index (χ0n) is 32.3. The molecule has 2 aliphatic rings. The van der Waals surface area contributed by atoms with Gasteiger partial charge in [0.05, 0.1) is 5.41 Å². The number of nitrogens with zero attached hydrogens (tertiary/aromatic N) is 4. The molecule has 1 spiro atoms. The summed E-state index contributed by atoms with van der Waals surface area (Å²) in [5.74, 6) is 1.93. The van der Waals surface area contributed by atoms with E-state index in [9.17, 15) is 0 Å². The molecule has 0 radical (unpaired) electrons. The quantitative estimate of drug-likeness (QED) is 0.174. The summed E-state index contributed by atoms with van der Waals surface area (Å²) < 4.78 is 0. The summed E-state index contributed by atoms with van der Waals surface area (Å²) in [6.45, 7) is 0. The second kappa shape index (κ2) is 13.8. The van der Waals surface area contributed by atoms with Crippen LogP contribution in [0.25, 0.3) is 78.3 Å². The van der Waals surface area contributed by atoms with Crippen molar-refractivity contribution in [2.45, 2.75) is 15.2 Å². The molecule has 0 bridgehead atoms. The highest BCUT2D eigenvalue weighted by molar-refractivity contribution is 7.99. The fraction of sp³-hybridized carbons (Fsp3) is 0.0182. The van der Waals surface area contributed by atoms with Crippen LogP contribution in [0.2, 0.25) is 0 Å². The molecule has 1 aliphatic heterocycles. The van der Waals surface area contributed by atoms with E-state index in [0.717, 1.165) is 27.6 Å². The Morgan fingerprint density at radius 1 is 0.350 bits per heavy atom. The van der Waals surface area contributed by atoms with E-state index in [1.165, 1.54) is 65.2 Å². The van der Waals surface area contributed by atoms with Crippen molar-refractivity contribution in [2.24, 2.45) is 0 Å². The maximum absolute atomic E-state index is 5.03. The van der Waals surface area contributed by atoms with E-state index < -0.39 is 5.41 Å². The number of benzene rings is 8. The lowest BCUT2D eigenvalue weighted by molar-refractivity contribution is 0.722. The van der Waals surface area contributed by atoms with Gasteiger partial charge in [-0.25, -0.2) is 15.0 Å². The van der Waals surface area contributed by atoms with Gasteiger partial charge in [-0.2, -0.15) is 0 Å². The third-order valence-corrected chi connectivity index (χ3v) is 13.3. The molecule has 5 heteroatoms. The number of hydrogen-bond acceptors (Lipinski definition) is 5. The van der Waals surface area contributed by atoms with Crippen LogP contribution in [0.15, 0.2) is 216 Å². The number of hydrogen-bond donors (Lipinski definition) is 0. The maximum Gasteiger partial charge on any atom is 0.164 e. The molecule has 0 N–H and O–H groups in total. The van der Waals surface area contributed by atoms with E-state index in [0.29, 0.717) is 17.5 Å². The highest BCUT2D eigenvalue weighted by Crippen LogP contribution is 2.65. The lowest BCUT2D eigenvalue weighted by atomic mass is 9.67. The topological polar surface area (TPSA) is 51.6 Å². The average molecular weight is 783 g/mol. The van der Waals surface area contributed by atoms with Crippen molar-refractivity contribution < 1.29 is 0 Å². The molecule has 3 heterocycles. The smallest absolute Gasteiger partial charge is 0.164 e. The van der Waals surface area contributed by atoms with Crippen LogP contribution in [0.4, 0.5) is 0 Å². The van der Waals surface area contributed by atoms with Crippen LogP contribution in [0, 0.1) is 0 Å². The third-order valence-electron chi connectivity index (χ3n) is 12.1. The zero-order valence-corrected chi connectivity index (χ0v) is 33.1. The first kappa shape index (κ1) is 34.6.